The van der Waals surface area contributed by atoms with Gasteiger partial charge in [0.25, 0.3) is 5.91 Å². The van der Waals surface area contributed by atoms with Gasteiger partial charge in [-0.15, -0.1) is 0 Å². The Morgan fingerprint density at radius 2 is 1.56 bits per heavy atom. The summed E-state index contributed by atoms with van der Waals surface area (Å²) in [4.78, 5) is 16.8. The number of hydrogen-bond acceptors (Lipinski definition) is 2. The second-order valence-corrected chi connectivity index (χ2v) is 7.26. The highest BCUT2D eigenvalue weighted by Crippen LogP contribution is 2.15. The Morgan fingerprint density at radius 3 is 2.20 bits per heavy atom. The van der Waals surface area contributed by atoms with Gasteiger partial charge in [0.1, 0.15) is 0 Å². The molecule has 25 heavy (non-hydrogen) atoms. The molecule has 3 rings (SSSR count). The lowest BCUT2D eigenvalue weighted by atomic mass is 10.1. The van der Waals surface area contributed by atoms with Gasteiger partial charge >= 0.3 is 0 Å². The van der Waals surface area contributed by atoms with Crippen molar-refractivity contribution in [3.63, 3.8) is 0 Å². The summed E-state index contributed by atoms with van der Waals surface area (Å²) in [5.74, 6) is 0.0412. The van der Waals surface area contributed by atoms with E-state index in [1.54, 1.807) is 4.90 Å². The minimum Gasteiger partial charge on any atom is -0.337 e. The summed E-state index contributed by atoms with van der Waals surface area (Å²) in [5, 5.41) is 0.710. The first-order valence-electron chi connectivity index (χ1n) is 8.93. The van der Waals surface area contributed by atoms with E-state index in [1.165, 1.54) is 37.9 Å². The summed E-state index contributed by atoms with van der Waals surface area (Å²) < 4.78 is 0. The van der Waals surface area contributed by atoms with E-state index in [1.807, 2.05) is 43.4 Å². The van der Waals surface area contributed by atoms with E-state index in [0.29, 0.717) is 11.6 Å². The molecule has 0 aliphatic carbocycles. The molecule has 0 spiro atoms. The molecule has 4 heteroatoms. The Hall–Kier alpha value is -1.84. The van der Waals surface area contributed by atoms with Gasteiger partial charge in [0, 0.05) is 30.7 Å². The average molecular weight is 357 g/mol. The fraction of sp³-hybridized carbons (Fsp3) is 0.381. The van der Waals surface area contributed by atoms with E-state index in [-0.39, 0.29) is 5.91 Å². The third kappa shape index (κ3) is 5.07. The van der Waals surface area contributed by atoms with E-state index >= 15 is 0 Å². The van der Waals surface area contributed by atoms with Crippen LogP contribution in [0.15, 0.2) is 48.5 Å². The second-order valence-electron chi connectivity index (χ2n) is 6.82. The molecule has 0 N–H and O–H groups in total. The quantitative estimate of drug-likeness (QED) is 0.781. The highest BCUT2D eigenvalue weighted by molar-refractivity contribution is 6.30. The Bertz CT molecular complexity index is 691. The standard InChI is InChI=1S/C21H25ClN2O/c1-23(15-17-7-11-20(22)12-8-17)21(25)19-9-5-18(6-10-19)16-24-13-3-2-4-14-24/h5-12H,2-4,13-16H2,1H3. The molecular formula is C21H25ClN2O. The van der Waals surface area contributed by atoms with E-state index in [9.17, 15) is 4.79 Å². The van der Waals surface area contributed by atoms with Crippen molar-refractivity contribution in [2.24, 2.45) is 0 Å². The van der Waals surface area contributed by atoms with Gasteiger partial charge in [0.05, 0.1) is 0 Å². The Kier molecular flexibility index (Phi) is 6.11. The van der Waals surface area contributed by atoms with Gasteiger partial charge in [0.15, 0.2) is 0 Å². The van der Waals surface area contributed by atoms with Crippen LogP contribution in [0.25, 0.3) is 0 Å². The molecule has 0 radical (unpaired) electrons. The van der Waals surface area contributed by atoms with Crippen molar-refractivity contribution in [3.8, 4) is 0 Å². The van der Waals surface area contributed by atoms with E-state index in [0.717, 1.165) is 17.7 Å². The predicted molar refractivity (Wildman–Crippen MR) is 103 cm³/mol. The number of nitrogens with zero attached hydrogens (tertiary/aromatic N) is 2. The van der Waals surface area contributed by atoms with Crippen LogP contribution in [0.4, 0.5) is 0 Å². The van der Waals surface area contributed by atoms with Crippen LogP contribution in [-0.2, 0) is 13.1 Å². The van der Waals surface area contributed by atoms with Crippen LogP contribution in [0.1, 0.15) is 40.7 Å². The number of carbonyl (C=O) groups is 1. The van der Waals surface area contributed by atoms with Crippen molar-refractivity contribution < 1.29 is 4.79 Å². The Balaban J connectivity index is 1.58. The fourth-order valence-corrected chi connectivity index (χ4v) is 3.41. The van der Waals surface area contributed by atoms with Crippen molar-refractivity contribution in [2.75, 3.05) is 20.1 Å². The number of hydrogen-bond donors (Lipinski definition) is 0. The summed E-state index contributed by atoms with van der Waals surface area (Å²) >= 11 is 5.91. The smallest absolute Gasteiger partial charge is 0.253 e. The first kappa shape index (κ1) is 18.0. The Labute approximate surface area is 155 Å². The van der Waals surface area contributed by atoms with Crippen LogP contribution >= 0.6 is 11.6 Å². The van der Waals surface area contributed by atoms with Gasteiger partial charge in [0.2, 0.25) is 0 Å². The summed E-state index contributed by atoms with van der Waals surface area (Å²) in [6.45, 7) is 3.93. The van der Waals surface area contributed by atoms with Crippen molar-refractivity contribution >= 4 is 17.5 Å². The third-order valence-corrected chi connectivity index (χ3v) is 4.99. The fourth-order valence-electron chi connectivity index (χ4n) is 3.28. The summed E-state index contributed by atoms with van der Waals surface area (Å²) in [6.07, 6.45) is 3.95. The average Bonchev–Trinajstić information content (AvgIpc) is 2.64. The summed E-state index contributed by atoms with van der Waals surface area (Å²) in [5.41, 5.74) is 3.08. The maximum Gasteiger partial charge on any atom is 0.253 e. The third-order valence-electron chi connectivity index (χ3n) is 4.74. The monoisotopic (exact) mass is 356 g/mol. The lowest BCUT2D eigenvalue weighted by Gasteiger charge is -2.26. The molecule has 0 aromatic heterocycles. The zero-order valence-electron chi connectivity index (χ0n) is 14.7. The summed E-state index contributed by atoms with van der Waals surface area (Å²) in [7, 11) is 1.83. The molecule has 1 fully saturated rings. The lowest BCUT2D eigenvalue weighted by molar-refractivity contribution is 0.0785. The molecule has 0 bridgehead atoms. The van der Waals surface area contributed by atoms with Gasteiger partial charge in [-0.2, -0.15) is 0 Å². The largest absolute Gasteiger partial charge is 0.337 e. The first-order valence-corrected chi connectivity index (χ1v) is 9.31. The number of benzene rings is 2. The van der Waals surface area contributed by atoms with Crippen molar-refractivity contribution in [1.82, 2.24) is 9.80 Å². The molecule has 3 nitrogen and oxygen atoms in total. The zero-order chi connectivity index (χ0) is 17.6. The number of piperidine rings is 1. The van der Waals surface area contributed by atoms with E-state index in [4.69, 9.17) is 11.6 Å². The maximum absolute atomic E-state index is 12.6. The van der Waals surface area contributed by atoms with Gasteiger partial charge in [-0.05, 0) is 61.3 Å². The van der Waals surface area contributed by atoms with Crippen molar-refractivity contribution in [2.45, 2.75) is 32.4 Å². The molecule has 1 amide bonds. The number of rotatable bonds is 5. The minimum atomic E-state index is 0.0412. The molecule has 0 atom stereocenters. The molecule has 1 heterocycles. The van der Waals surface area contributed by atoms with Crippen LogP contribution in [0.3, 0.4) is 0 Å². The normalized spacial score (nSPS) is 15.1. The highest BCUT2D eigenvalue weighted by Gasteiger charge is 2.13. The first-order chi connectivity index (χ1) is 12.1. The van der Waals surface area contributed by atoms with Gasteiger partial charge < -0.3 is 4.90 Å². The molecule has 2 aromatic carbocycles. The molecule has 2 aromatic rings. The molecule has 132 valence electrons. The lowest BCUT2D eigenvalue weighted by Crippen LogP contribution is -2.29. The van der Waals surface area contributed by atoms with Gasteiger partial charge in [-0.25, -0.2) is 0 Å². The zero-order valence-corrected chi connectivity index (χ0v) is 15.5. The van der Waals surface area contributed by atoms with Gasteiger partial charge in [-0.1, -0.05) is 42.3 Å². The molecule has 0 unspecified atom stereocenters. The second kappa shape index (κ2) is 8.50. The van der Waals surface area contributed by atoms with Gasteiger partial charge in [-0.3, -0.25) is 9.69 Å². The molecule has 1 aliphatic heterocycles. The number of halogens is 1. The summed E-state index contributed by atoms with van der Waals surface area (Å²) in [6, 6.07) is 15.7. The van der Waals surface area contributed by atoms with Crippen LogP contribution in [0.5, 0.6) is 0 Å². The van der Waals surface area contributed by atoms with Crippen LogP contribution in [0, 0.1) is 0 Å². The maximum atomic E-state index is 12.6. The molecular weight excluding hydrogens is 332 g/mol. The predicted octanol–water partition coefficient (Wildman–Crippen LogP) is 4.60. The van der Waals surface area contributed by atoms with Crippen molar-refractivity contribution in [1.29, 1.82) is 0 Å². The molecule has 1 saturated heterocycles. The van der Waals surface area contributed by atoms with E-state index < -0.39 is 0 Å². The SMILES string of the molecule is CN(Cc1ccc(Cl)cc1)C(=O)c1ccc(CN2CCCCC2)cc1. The topological polar surface area (TPSA) is 23.6 Å². The number of likely N-dealkylation sites (tertiary alicyclic amines) is 1. The van der Waals surface area contributed by atoms with Crippen LogP contribution < -0.4 is 0 Å². The molecule has 1 aliphatic rings. The Morgan fingerprint density at radius 1 is 0.960 bits per heavy atom. The van der Waals surface area contributed by atoms with E-state index in [2.05, 4.69) is 17.0 Å². The highest BCUT2D eigenvalue weighted by atomic mass is 35.5. The minimum absolute atomic E-state index is 0.0412. The number of carbonyl (C=O) groups excluding carboxylic acids is 1. The van der Waals surface area contributed by atoms with Crippen LogP contribution in [-0.4, -0.2) is 35.8 Å². The van der Waals surface area contributed by atoms with Crippen molar-refractivity contribution in [3.05, 3.63) is 70.2 Å². The number of amides is 1. The molecule has 0 saturated carbocycles. The van der Waals surface area contributed by atoms with Crippen LogP contribution in [0.2, 0.25) is 5.02 Å².